The molecule has 0 atom stereocenters. The minimum atomic E-state index is -0.103. The van der Waals surface area contributed by atoms with Crippen molar-refractivity contribution in [3.05, 3.63) is 59.4 Å². The average Bonchev–Trinajstić information content (AvgIpc) is 3.28. The number of nitrogens with zero attached hydrogens (tertiary/aromatic N) is 3. The Morgan fingerprint density at radius 2 is 2.04 bits per heavy atom. The number of benzene rings is 1. The Kier molecular flexibility index (Phi) is 5.24. The minimum Gasteiger partial charge on any atom is -0.463 e. The van der Waals surface area contributed by atoms with E-state index in [4.69, 9.17) is 16.0 Å². The molecule has 1 amide bonds. The van der Waals surface area contributed by atoms with Crippen LogP contribution in [0.5, 0.6) is 0 Å². The summed E-state index contributed by atoms with van der Waals surface area (Å²) in [7, 11) is 1.80. The molecule has 2 heterocycles. The number of carbonyl (C=O) groups is 1. The first kappa shape index (κ1) is 17.3. The van der Waals surface area contributed by atoms with Crippen LogP contribution < -0.4 is 0 Å². The van der Waals surface area contributed by atoms with Gasteiger partial charge in [-0.3, -0.25) is 4.79 Å². The maximum atomic E-state index is 12.7. The predicted octanol–water partition coefficient (Wildman–Crippen LogP) is 4.66. The van der Waals surface area contributed by atoms with Gasteiger partial charge in [-0.1, -0.05) is 24.9 Å². The fraction of sp³-hybridized carbons (Fsp3) is 0.263. The molecule has 3 rings (SSSR count). The summed E-state index contributed by atoms with van der Waals surface area (Å²) in [6.07, 6.45) is 3.60. The molecule has 130 valence electrons. The molecule has 0 aliphatic rings. The number of aromatic nitrogens is 2. The molecule has 5 nitrogen and oxygen atoms in total. The molecule has 0 saturated heterocycles. The van der Waals surface area contributed by atoms with Crippen LogP contribution in [-0.4, -0.2) is 34.2 Å². The first-order chi connectivity index (χ1) is 12.1. The Bertz CT molecular complexity index is 838. The van der Waals surface area contributed by atoms with Gasteiger partial charge in [-0.15, -0.1) is 0 Å². The van der Waals surface area contributed by atoms with Crippen molar-refractivity contribution in [3.63, 3.8) is 0 Å². The van der Waals surface area contributed by atoms with E-state index in [1.165, 1.54) is 0 Å². The average molecular weight is 358 g/mol. The molecule has 0 radical (unpaired) electrons. The van der Waals surface area contributed by atoms with Crippen molar-refractivity contribution in [2.24, 2.45) is 0 Å². The van der Waals surface area contributed by atoms with Gasteiger partial charge in [0, 0.05) is 24.7 Å². The van der Waals surface area contributed by atoms with Crippen LogP contribution in [0.25, 0.3) is 17.1 Å². The lowest BCUT2D eigenvalue weighted by atomic mass is 10.2. The summed E-state index contributed by atoms with van der Waals surface area (Å²) < 4.78 is 7.22. The molecular weight excluding hydrogens is 338 g/mol. The normalized spacial score (nSPS) is 10.8. The zero-order valence-electron chi connectivity index (χ0n) is 14.3. The zero-order chi connectivity index (χ0) is 17.8. The molecule has 2 aromatic heterocycles. The van der Waals surface area contributed by atoms with Crippen molar-refractivity contribution in [1.82, 2.24) is 14.7 Å². The summed E-state index contributed by atoms with van der Waals surface area (Å²) >= 11 is 5.98. The van der Waals surface area contributed by atoms with Gasteiger partial charge in [-0.25, -0.2) is 4.68 Å². The summed E-state index contributed by atoms with van der Waals surface area (Å²) in [6.45, 7) is 2.81. The molecule has 0 aliphatic carbocycles. The van der Waals surface area contributed by atoms with Crippen molar-refractivity contribution in [2.75, 3.05) is 13.6 Å². The summed E-state index contributed by atoms with van der Waals surface area (Å²) in [5, 5.41) is 5.16. The van der Waals surface area contributed by atoms with E-state index in [1.807, 2.05) is 24.3 Å². The van der Waals surface area contributed by atoms with Crippen molar-refractivity contribution in [3.8, 4) is 17.1 Å². The van der Waals surface area contributed by atoms with Gasteiger partial charge in [0.15, 0.2) is 11.5 Å². The number of hydrogen-bond acceptors (Lipinski definition) is 3. The van der Waals surface area contributed by atoms with Crippen LogP contribution >= 0.6 is 11.6 Å². The molecule has 0 bridgehead atoms. The van der Waals surface area contributed by atoms with Gasteiger partial charge < -0.3 is 9.32 Å². The Labute approximate surface area is 151 Å². The van der Waals surface area contributed by atoms with Crippen LogP contribution in [0.4, 0.5) is 0 Å². The number of furan rings is 1. The summed E-state index contributed by atoms with van der Waals surface area (Å²) in [4.78, 5) is 14.4. The van der Waals surface area contributed by atoms with E-state index in [2.05, 4.69) is 12.0 Å². The highest BCUT2D eigenvalue weighted by Gasteiger charge is 2.20. The van der Waals surface area contributed by atoms with Gasteiger partial charge >= 0.3 is 0 Å². The highest BCUT2D eigenvalue weighted by atomic mass is 35.5. The van der Waals surface area contributed by atoms with E-state index in [0.29, 0.717) is 23.0 Å². The highest BCUT2D eigenvalue weighted by molar-refractivity contribution is 6.30. The number of carbonyl (C=O) groups excluding carboxylic acids is 1. The summed E-state index contributed by atoms with van der Waals surface area (Å²) in [5.41, 5.74) is 1.92. The molecule has 0 saturated carbocycles. The quantitative estimate of drug-likeness (QED) is 0.644. The van der Waals surface area contributed by atoms with Gasteiger partial charge in [-0.2, -0.15) is 5.10 Å². The van der Waals surface area contributed by atoms with Crippen LogP contribution in [0, 0.1) is 0 Å². The van der Waals surface area contributed by atoms with Crippen LogP contribution in [0.15, 0.2) is 53.1 Å². The number of unbranched alkanes of at least 4 members (excludes halogenated alkanes) is 1. The van der Waals surface area contributed by atoms with Gasteiger partial charge in [-0.05, 0) is 42.8 Å². The number of halogens is 1. The number of amides is 1. The molecule has 0 fully saturated rings. The second-order valence-corrected chi connectivity index (χ2v) is 6.30. The van der Waals surface area contributed by atoms with E-state index in [1.54, 1.807) is 41.1 Å². The lowest BCUT2D eigenvalue weighted by Crippen LogP contribution is -2.28. The lowest BCUT2D eigenvalue weighted by Gasteiger charge is -2.14. The third-order valence-corrected chi connectivity index (χ3v) is 4.22. The topological polar surface area (TPSA) is 51.3 Å². The largest absolute Gasteiger partial charge is 0.463 e. The first-order valence-corrected chi connectivity index (χ1v) is 8.63. The number of hydrogen-bond donors (Lipinski definition) is 0. The van der Waals surface area contributed by atoms with Crippen molar-refractivity contribution in [1.29, 1.82) is 0 Å². The van der Waals surface area contributed by atoms with Crippen molar-refractivity contribution in [2.45, 2.75) is 19.8 Å². The molecule has 25 heavy (non-hydrogen) atoms. The molecule has 3 aromatic rings. The zero-order valence-corrected chi connectivity index (χ0v) is 15.0. The van der Waals surface area contributed by atoms with Gasteiger partial charge in [0.1, 0.15) is 5.69 Å². The van der Waals surface area contributed by atoms with Crippen LogP contribution in [0.2, 0.25) is 5.02 Å². The Morgan fingerprint density at radius 3 is 2.68 bits per heavy atom. The Hall–Kier alpha value is -2.53. The summed E-state index contributed by atoms with van der Waals surface area (Å²) in [5.74, 6) is 0.548. The summed E-state index contributed by atoms with van der Waals surface area (Å²) in [6, 6.07) is 12.7. The Morgan fingerprint density at radius 1 is 1.28 bits per heavy atom. The van der Waals surface area contributed by atoms with E-state index < -0.39 is 0 Å². The molecule has 1 aromatic carbocycles. The highest BCUT2D eigenvalue weighted by Crippen LogP contribution is 2.25. The molecule has 0 unspecified atom stereocenters. The maximum absolute atomic E-state index is 12.7. The van der Waals surface area contributed by atoms with E-state index in [-0.39, 0.29) is 5.91 Å². The van der Waals surface area contributed by atoms with E-state index >= 15 is 0 Å². The minimum absolute atomic E-state index is 0.103. The lowest BCUT2D eigenvalue weighted by molar-refractivity contribution is 0.0787. The second-order valence-electron chi connectivity index (χ2n) is 5.86. The Balaban J connectivity index is 2.00. The van der Waals surface area contributed by atoms with Gasteiger partial charge in [0.25, 0.3) is 5.91 Å². The fourth-order valence-corrected chi connectivity index (χ4v) is 2.68. The first-order valence-electron chi connectivity index (χ1n) is 8.25. The molecule has 0 aliphatic heterocycles. The monoisotopic (exact) mass is 357 g/mol. The van der Waals surface area contributed by atoms with E-state index in [0.717, 1.165) is 24.2 Å². The van der Waals surface area contributed by atoms with E-state index in [9.17, 15) is 4.79 Å². The third-order valence-electron chi connectivity index (χ3n) is 3.97. The molecule has 6 heteroatoms. The molecule has 0 N–H and O–H groups in total. The van der Waals surface area contributed by atoms with Crippen LogP contribution in [-0.2, 0) is 0 Å². The number of rotatable bonds is 6. The maximum Gasteiger partial charge on any atom is 0.274 e. The molecule has 0 spiro atoms. The van der Waals surface area contributed by atoms with Crippen molar-refractivity contribution >= 4 is 17.5 Å². The van der Waals surface area contributed by atoms with Gasteiger partial charge in [0.2, 0.25) is 0 Å². The smallest absolute Gasteiger partial charge is 0.274 e. The fourth-order valence-electron chi connectivity index (χ4n) is 2.56. The van der Waals surface area contributed by atoms with Crippen LogP contribution in [0.3, 0.4) is 0 Å². The second kappa shape index (κ2) is 7.57. The van der Waals surface area contributed by atoms with Crippen molar-refractivity contribution < 1.29 is 9.21 Å². The SMILES string of the molecule is CCCCN(C)C(=O)c1cc(-c2ccco2)n(-c2ccc(Cl)cc2)n1. The van der Waals surface area contributed by atoms with Gasteiger partial charge in [0.05, 0.1) is 12.0 Å². The molecular formula is C19H20ClN3O2. The predicted molar refractivity (Wildman–Crippen MR) is 98.1 cm³/mol. The third kappa shape index (κ3) is 3.77. The standard InChI is InChI=1S/C19H20ClN3O2/c1-3-4-11-22(2)19(24)16-13-17(18-6-5-12-25-18)23(21-16)15-9-7-14(20)8-10-15/h5-10,12-13H,3-4,11H2,1-2H3. The van der Waals surface area contributed by atoms with Crippen LogP contribution in [0.1, 0.15) is 30.3 Å².